The second kappa shape index (κ2) is 5.47. The number of amides is 1. The smallest absolute Gasteiger partial charge is 0.237 e. The number of rotatable bonds is 3. The summed E-state index contributed by atoms with van der Waals surface area (Å²) in [5, 5.41) is 9.64. The molecular weight excluding hydrogens is 320 g/mol. The van der Waals surface area contributed by atoms with Crippen molar-refractivity contribution in [2.24, 2.45) is 0 Å². The summed E-state index contributed by atoms with van der Waals surface area (Å²) in [6.45, 7) is 4.40. The Balaban J connectivity index is 1.86. The molecular formula is C15H19BrN2O2. The standard InChI is InChI=1S/C15H19BrN2O2/c1-2-17-7-12-15(10-3-5-11(16)6-4-10)13(9-19)18(12)14(20)8-17/h3-6,12-13,15,19H,2,7-9H2,1H3/t12-,13+,15+/m0/s1. The number of halogens is 1. The fraction of sp³-hybridized carbons (Fsp3) is 0.533. The third-order valence-corrected chi connectivity index (χ3v) is 5.05. The Morgan fingerprint density at radius 2 is 2.05 bits per heavy atom. The predicted octanol–water partition coefficient (Wildman–Crippen LogP) is 1.44. The van der Waals surface area contributed by atoms with Gasteiger partial charge in [-0.05, 0) is 24.2 Å². The third kappa shape index (κ3) is 2.18. The van der Waals surface area contributed by atoms with Crippen molar-refractivity contribution in [2.75, 3.05) is 26.2 Å². The van der Waals surface area contributed by atoms with E-state index in [1.54, 1.807) is 0 Å². The van der Waals surface area contributed by atoms with Gasteiger partial charge in [0.25, 0.3) is 0 Å². The number of hydrogen-bond acceptors (Lipinski definition) is 3. The summed E-state index contributed by atoms with van der Waals surface area (Å²) >= 11 is 3.44. The molecule has 2 aliphatic rings. The SMILES string of the molecule is CCN1CC(=O)N2[C@H](CO)[C@H](c3ccc(Br)cc3)[C@@H]2C1. The lowest BCUT2D eigenvalue weighted by atomic mass is 9.74. The van der Waals surface area contributed by atoms with Crippen LogP contribution in [-0.4, -0.2) is 59.1 Å². The van der Waals surface area contributed by atoms with Crippen LogP contribution < -0.4 is 0 Å². The van der Waals surface area contributed by atoms with E-state index in [0.29, 0.717) is 6.54 Å². The van der Waals surface area contributed by atoms with E-state index < -0.39 is 0 Å². The Labute approximate surface area is 127 Å². The summed E-state index contributed by atoms with van der Waals surface area (Å²) in [7, 11) is 0. The van der Waals surface area contributed by atoms with Crippen LogP contribution in [0.4, 0.5) is 0 Å². The number of carbonyl (C=O) groups is 1. The summed E-state index contributed by atoms with van der Waals surface area (Å²) < 4.78 is 1.05. The Hall–Kier alpha value is -0.910. The lowest BCUT2D eigenvalue weighted by Gasteiger charge is -2.58. The molecule has 1 aromatic rings. The summed E-state index contributed by atoms with van der Waals surface area (Å²) in [6.07, 6.45) is 0. The minimum Gasteiger partial charge on any atom is -0.394 e. The van der Waals surface area contributed by atoms with E-state index >= 15 is 0 Å². The predicted molar refractivity (Wildman–Crippen MR) is 80.5 cm³/mol. The molecule has 2 saturated heterocycles. The molecule has 0 aromatic heterocycles. The van der Waals surface area contributed by atoms with Crippen LogP contribution in [0, 0.1) is 0 Å². The Morgan fingerprint density at radius 3 is 2.65 bits per heavy atom. The van der Waals surface area contributed by atoms with Crippen LogP contribution in [0.1, 0.15) is 18.4 Å². The van der Waals surface area contributed by atoms with Gasteiger partial charge in [0.2, 0.25) is 5.91 Å². The van der Waals surface area contributed by atoms with Crippen molar-refractivity contribution in [1.29, 1.82) is 0 Å². The fourth-order valence-electron chi connectivity index (χ4n) is 3.49. The topological polar surface area (TPSA) is 43.8 Å². The molecule has 0 spiro atoms. The molecule has 108 valence electrons. The van der Waals surface area contributed by atoms with Gasteiger partial charge in [-0.1, -0.05) is 35.0 Å². The van der Waals surface area contributed by atoms with E-state index in [9.17, 15) is 9.90 Å². The first kappa shape index (κ1) is 14.0. The van der Waals surface area contributed by atoms with Gasteiger partial charge < -0.3 is 10.0 Å². The third-order valence-electron chi connectivity index (χ3n) is 4.52. The number of piperazine rings is 1. The van der Waals surface area contributed by atoms with Gasteiger partial charge in [0.05, 0.1) is 25.2 Å². The van der Waals surface area contributed by atoms with Gasteiger partial charge in [-0.2, -0.15) is 0 Å². The van der Waals surface area contributed by atoms with Crippen LogP contribution in [-0.2, 0) is 4.79 Å². The summed E-state index contributed by atoms with van der Waals surface area (Å²) in [4.78, 5) is 16.3. The fourth-order valence-corrected chi connectivity index (χ4v) is 3.76. The maximum atomic E-state index is 12.2. The van der Waals surface area contributed by atoms with Crippen LogP contribution in [0.2, 0.25) is 0 Å². The van der Waals surface area contributed by atoms with Crippen molar-refractivity contribution in [1.82, 2.24) is 9.80 Å². The normalized spacial score (nSPS) is 30.1. The van der Waals surface area contributed by atoms with Crippen molar-refractivity contribution in [3.05, 3.63) is 34.3 Å². The highest BCUT2D eigenvalue weighted by Gasteiger charge is 2.53. The van der Waals surface area contributed by atoms with Crippen LogP contribution in [0.25, 0.3) is 0 Å². The van der Waals surface area contributed by atoms with E-state index in [1.807, 2.05) is 17.0 Å². The van der Waals surface area contributed by atoms with E-state index in [0.717, 1.165) is 17.6 Å². The van der Waals surface area contributed by atoms with Gasteiger partial charge >= 0.3 is 0 Å². The number of carbonyl (C=O) groups excluding carboxylic acids is 1. The number of likely N-dealkylation sites (N-methyl/N-ethyl adjacent to an activating group) is 1. The van der Waals surface area contributed by atoms with Crippen molar-refractivity contribution >= 4 is 21.8 Å². The monoisotopic (exact) mass is 338 g/mol. The zero-order valence-electron chi connectivity index (χ0n) is 11.5. The number of nitrogens with zero attached hydrogens (tertiary/aromatic N) is 2. The van der Waals surface area contributed by atoms with Gasteiger partial charge in [0, 0.05) is 16.9 Å². The van der Waals surface area contributed by atoms with Gasteiger partial charge in [0.1, 0.15) is 0 Å². The molecule has 2 aliphatic heterocycles. The highest BCUT2D eigenvalue weighted by molar-refractivity contribution is 9.10. The first-order valence-corrected chi connectivity index (χ1v) is 7.84. The number of aliphatic hydroxyl groups excluding tert-OH is 1. The van der Waals surface area contributed by atoms with Gasteiger partial charge in [0.15, 0.2) is 0 Å². The molecule has 5 heteroatoms. The average Bonchev–Trinajstić information content (AvgIpc) is 2.43. The molecule has 1 aromatic carbocycles. The molecule has 20 heavy (non-hydrogen) atoms. The van der Waals surface area contributed by atoms with E-state index in [2.05, 4.69) is 39.9 Å². The second-order valence-electron chi connectivity index (χ2n) is 5.52. The summed E-state index contributed by atoms with van der Waals surface area (Å²) in [5.74, 6) is 0.391. The molecule has 1 N–H and O–H groups in total. The van der Waals surface area contributed by atoms with E-state index in [-0.39, 0.29) is 30.5 Å². The Bertz CT molecular complexity index is 505. The van der Waals surface area contributed by atoms with E-state index in [4.69, 9.17) is 0 Å². The van der Waals surface area contributed by atoms with Crippen LogP contribution >= 0.6 is 15.9 Å². The number of benzene rings is 1. The minimum atomic E-state index is -0.0623. The molecule has 4 nitrogen and oxygen atoms in total. The zero-order valence-corrected chi connectivity index (χ0v) is 13.1. The minimum absolute atomic E-state index is 0.0368. The second-order valence-corrected chi connectivity index (χ2v) is 6.44. The molecule has 0 unspecified atom stereocenters. The van der Waals surface area contributed by atoms with Crippen LogP contribution in [0.15, 0.2) is 28.7 Å². The van der Waals surface area contributed by atoms with Crippen molar-refractivity contribution in [3.8, 4) is 0 Å². The molecule has 0 radical (unpaired) electrons. The van der Waals surface area contributed by atoms with Crippen molar-refractivity contribution in [2.45, 2.75) is 24.9 Å². The molecule has 0 bridgehead atoms. The average molecular weight is 339 g/mol. The maximum Gasteiger partial charge on any atom is 0.237 e. The zero-order chi connectivity index (χ0) is 14.3. The lowest BCUT2D eigenvalue weighted by Crippen LogP contribution is -2.72. The highest BCUT2D eigenvalue weighted by atomic mass is 79.9. The molecule has 2 fully saturated rings. The number of hydrogen-bond donors (Lipinski definition) is 1. The Kier molecular flexibility index (Phi) is 3.84. The lowest BCUT2D eigenvalue weighted by molar-refractivity contribution is -0.161. The quantitative estimate of drug-likeness (QED) is 0.906. The molecule has 3 rings (SSSR count). The summed E-state index contributed by atoms with van der Waals surface area (Å²) in [6, 6.07) is 8.36. The van der Waals surface area contributed by atoms with E-state index in [1.165, 1.54) is 5.56 Å². The molecule has 1 amide bonds. The van der Waals surface area contributed by atoms with Crippen molar-refractivity contribution in [3.63, 3.8) is 0 Å². The largest absolute Gasteiger partial charge is 0.394 e. The maximum absolute atomic E-state index is 12.2. The van der Waals surface area contributed by atoms with Gasteiger partial charge in [-0.25, -0.2) is 0 Å². The first-order valence-electron chi connectivity index (χ1n) is 7.05. The molecule has 0 aliphatic carbocycles. The van der Waals surface area contributed by atoms with Crippen molar-refractivity contribution < 1.29 is 9.90 Å². The van der Waals surface area contributed by atoms with Gasteiger partial charge in [-0.3, -0.25) is 9.69 Å². The number of fused-ring (bicyclic) bond motifs is 1. The molecule has 0 saturated carbocycles. The van der Waals surface area contributed by atoms with Crippen LogP contribution in [0.5, 0.6) is 0 Å². The van der Waals surface area contributed by atoms with Crippen LogP contribution in [0.3, 0.4) is 0 Å². The number of aliphatic hydroxyl groups is 1. The van der Waals surface area contributed by atoms with Gasteiger partial charge in [-0.15, -0.1) is 0 Å². The molecule has 3 atom stereocenters. The highest BCUT2D eigenvalue weighted by Crippen LogP contribution is 2.42. The Morgan fingerprint density at radius 1 is 1.35 bits per heavy atom. The molecule has 2 heterocycles. The summed E-state index contributed by atoms with van der Waals surface area (Å²) in [5.41, 5.74) is 1.21. The first-order chi connectivity index (χ1) is 9.65.